The van der Waals surface area contributed by atoms with Gasteiger partial charge < -0.3 is 9.77 Å². The minimum Gasteiger partial charge on any atom is -0.337 e. The molecule has 1 atom stereocenters. The Bertz CT molecular complexity index is 209. The van der Waals surface area contributed by atoms with E-state index in [1.807, 2.05) is 24.7 Å². The van der Waals surface area contributed by atoms with Crippen molar-refractivity contribution in [3.63, 3.8) is 0 Å². The molecule has 1 unspecified atom stereocenters. The number of imidazole rings is 1. The maximum Gasteiger partial charge on any atom is 0.127 e. The van der Waals surface area contributed by atoms with Crippen molar-refractivity contribution in [2.45, 2.75) is 13.0 Å². The minimum atomic E-state index is -0.111. The van der Waals surface area contributed by atoms with Crippen molar-refractivity contribution in [3.05, 3.63) is 18.2 Å². The lowest BCUT2D eigenvalue weighted by molar-refractivity contribution is 0.128. The van der Waals surface area contributed by atoms with Crippen molar-refractivity contribution >= 4 is 0 Å². The van der Waals surface area contributed by atoms with Gasteiger partial charge in [-0.2, -0.15) is 5.48 Å². The van der Waals surface area contributed by atoms with Crippen LogP contribution in [0.3, 0.4) is 0 Å². The summed E-state index contributed by atoms with van der Waals surface area (Å²) in [7, 11) is 1.89. The van der Waals surface area contributed by atoms with Gasteiger partial charge in [0.25, 0.3) is 0 Å². The second-order valence-electron chi connectivity index (χ2n) is 2.25. The Morgan fingerprint density at radius 3 is 2.90 bits per heavy atom. The zero-order valence-corrected chi connectivity index (χ0v) is 6.07. The second kappa shape index (κ2) is 2.81. The van der Waals surface area contributed by atoms with Gasteiger partial charge in [-0.05, 0) is 6.92 Å². The topological polar surface area (TPSA) is 50.1 Å². The number of aromatic nitrogens is 2. The van der Waals surface area contributed by atoms with Crippen LogP contribution in [-0.2, 0) is 7.05 Å². The summed E-state index contributed by atoms with van der Waals surface area (Å²) in [6, 6.07) is -0.111. The van der Waals surface area contributed by atoms with Crippen LogP contribution in [0.25, 0.3) is 0 Å². The molecule has 0 aliphatic heterocycles. The highest BCUT2D eigenvalue weighted by atomic mass is 16.5. The lowest BCUT2D eigenvalue weighted by Crippen LogP contribution is -2.16. The second-order valence-corrected chi connectivity index (χ2v) is 2.25. The smallest absolute Gasteiger partial charge is 0.127 e. The van der Waals surface area contributed by atoms with Gasteiger partial charge in [-0.1, -0.05) is 0 Å². The van der Waals surface area contributed by atoms with Gasteiger partial charge in [0, 0.05) is 19.4 Å². The predicted molar refractivity (Wildman–Crippen MR) is 36.5 cm³/mol. The van der Waals surface area contributed by atoms with Crippen LogP contribution in [0.1, 0.15) is 18.8 Å². The monoisotopic (exact) mass is 141 g/mol. The van der Waals surface area contributed by atoms with E-state index in [0.29, 0.717) is 0 Å². The Kier molecular flexibility index (Phi) is 2.03. The van der Waals surface area contributed by atoms with E-state index in [1.165, 1.54) is 0 Å². The molecule has 4 heteroatoms. The standard InChI is InChI=1S/C6H11N3O/c1-5(8-10)6-7-3-4-9(6)2/h3-5,8,10H,1-2H3. The van der Waals surface area contributed by atoms with E-state index in [0.717, 1.165) is 5.82 Å². The highest BCUT2D eigenvalue weighted by Gasteiger charge is 2.06. The Morgan fingerprint density at radius 1 is 1.80 bits per heavy atom. The molecule has 1 rings (SSSR count). The van der Waals surface area contributed by atoms with Gasteiger partial charge in [-0.25, -0.2) is 4.98 Å². The summed E-state index contributed by atoms with van der Waals surface area (Å²) in [6.07, 6.45) is 3.53. The van der Waals surface area contributed by atoms with E-state index in [4.69, 9.17) is 5.21 Å². The van der Waals surface area contributed by atoms with Crippen LogP contribution in [0, 0.1) is 0 Å². The molecule has 0 amide bonds. The van der Waals surface area contributed by atoms with Crippen molar-refractivity contribution < 1.29 is 5.21 Å². The van der Waals surface area contributed by atoms with Gasteiger partial charge >= 0.3 is 0 Å². The van der Waals surface area contributed by atoms with Crippen LogP contribution in [0.2, 0.25) is 0 Å². The number of nitrogens with zero attached hydrogens (tertiary/aromatic N) is 2. The van der Waals surface area contributed by atoms with Gasteiger partial charge in [0.05, 0.1) is 6.04 Å². The Labute approximate surface area is 59.5 Å². The maximum absolute atomic E-state index is 8.53. The number of aryl methyl sites for hydroxylation is 1. The maximum atomic E-state index is 8.53. The third-order valence-corrected chi connectivity index (χ3v) is 1.44. The van der Waals surface area contributed by atoms with Crippen molar-refractivity contribution in [2.24, 2.45) is 7.05 Å². The Hall–Kier alpha value is -0.870. The lowest BCUT2D eigenvalue weighted by Gasteiger charge is -2.07. The summed E-state index contributed by atoms with van der Waals surface area (Å²) in [5.41, 5.74) is 2.12. The van der Waals surface area contributed by atoms with Crippen molar-refractivity contribution in [3.8, 4) is 0 Å². The quantitative estimate of drug-likeness (QED) is 0.588. The average molecular weight is 141 g/mol. The van der Waals surface area contributed by atoms with Crippen LogP contribution in [0.15, 0.2) is 12.4 Å². The summed E-state index contributed by atoms with van der Waals surface area (Å²) < 4.78 is 1.86. The van der Waals surface area contributed by atoms with E-state index >= 15 is 0 Å². The molecule has 4 nitrogen and oxygen atoms in total. The van der Waals surface area contributed by atoms with Crippen LogP contribution in [0.4, 0.5) is 0 Å². The van der Waals surface area contributed by atoms with E-state index in [1.54, 1.807) is 6.20 Å². The normalized spacial score (nSPS) is 13.5. The average Bonchev–Trinajstić information content (AvgIpc) is 2.34. The predicted octanol–water partition coefficient (Wildman–Crippen LogP) is 0.460. The summed E-state index contributed by atoms with van der Waals surface area (Å²) in [6.45, 7) is 1.84. The van der Waals surface area contributed by atoms with Crippen LogP contribution in [0.5, 0.6) is 0 Å². The highest BCUT2D eigenvalue weighted by Crippen LogP contribution is 2.05. The zero-order valence-electron chi connectivity index (χ0n) is 6.07. The fourth-order valence-corrected chi connectivity index (χ4v) is 0.852. The first kappa shape index (κ1) is 7.24. The number of hydrogen-bond donors (Lipinski definition) is 2. The molecule has 0 aliphatic carbocycles. The SMILES string of the molecule is CC(NO)c1nccn1C. The highest BCUT2D eigenvalue weighted by molar-refractivity contribution is 4.95. The van der Waals surface area contributed by atoms with Crippen molar-refractivity contribution in [1.29, 1.82) is 0 Å². The summed E-state index contributed by atoms with van der Waals surface area (Å²) in [4.78, 5) is 4.03. The van der Waals surface area contributed by atoms with Crippen LogP contribution >= 0.6 is 0 Å². The molecule has 0 spiro atoms. The number of nitrogens with one attached hydrogen (secondary N) is 1. The molecule has 10 heavy (non-hydrogen) atoms. The number of hydroxylamine groups is 1. The third-order valence-electron chi connectivity index (χ3n) is 1.44. The molecule has 2 N–H and O–H groups in total. The molecule has 0 saturated heterocycles. The van der Waals surface area contributed by atoms with Gasteiger partial charge in [0.15, 0.2) is 0 Å². The van der Waals surface area contributed by atoms with Crippen molar-refractivity contribution in [2.75, 3.05) is 0 Å². The van der Waals surface area contributed by atoms with Crippen LogP contribution in [-0.4, -0.2) is 14.8 Å². The largest absolute Gasteiger partial charge is 0.337 e. The van der Waals surface area contributed by atoms with Gasteiger partial charge in [-0.3, -0.25) is 0 Å². The van der Waals surface area contributed by atoms with Gasteiger partial charge in [0.2, 0.25) is 0 Å². The van der Waals surface area contributed by atoms with E-state index in [-0.39, 0.29) is 6.04 Å². The first-order chi connectivity index (χ1) is 4.75. The van der Waals surface area contributed by atoms with E-state index in [2.05, 4.69) is 10.5 Å². The number of rotatable bonds is 2. The molecule has 0 fully saturated rings. The zero-order chi connectivity index (χ0) is 7.56. The molecular formula is C6H11N3O. The molecule has 56 valence electrons. The van der Waals surface area contributed by atoms with E-state index in [9.17, 15) is 0 Å². The summed E-state index contributed by atoms with van der Waals surface area (Å²) in [5.74, 6) is 0.822. The Balaban J connectivity index is 2.82. The molecule has 1 heterocycles. The first-order valence-corrected chi connectivity index (χ1v) is 3.12. The third kappa shape index (κ3) is 1.17. The van der Waals surface area contributed by atoms with Crippen LogP contribution < -0.4 is 5.48 Å². The number of hydrogen-bond acceptors (Lipinski definition) is 3. The summed E-state index contributed by atoms with van der Waals surface area (Å²) in [5, 5.41) is 8.53. The van der Waals surface area contributed by atoms with Gasteiger partial charge in [0.1, 0.15) is 5.82 Å². The fourth-order valence-electron chi connectivity index (χ4n) is 0.852. The lowest BCUT2D eigenvalue weighted by atomic mass is 10.3. The molecule has 0 saturated carbocycles. The summed E-state index contributed by atoms with van der Waals surface area (Å²) >= 11 is 0. The van der Waals surface area contributed by atoms with E-state index < -0.39 is 0 Å². The molecule has 1 aromatic rings. The fraction of sp³-hybridized carbons (Fsp3) is 0.500. The first-order valence-electron chi connectivity index (χ1n) is 3.12. The molecule has 0 aliphatic rings. The molecule has 0 radical (unpaired) electrons. The molecular weight excluding hydrogens is 130 g/mol. The van der Waals surface area contributed by atoms with Gasteiger partial charge in [-0.15, -0.1) is 0 Å². The Morgan fingerprint density at radius 2 is 2.50 bits per heavy atom. The minimum absolute atomic E-state index is 0.111. The molecule has 0 aromatic carbocycles. The van der Waals surface area contributed by atoms with Crippen molar-refractivity contribution in [1.82, 2.24) is 15.0 Å². The molecule has 0 bridgehead atoms. The molecule has 1 aromatic heterocycles.